The van der Waals surface area contributed by atoms with Crippen LogP contribution in [0.25, 0.3) is 0 Å². The zero-order chi connectivity index (χ0) is 13.7. The van der Waals surface area contributed by atoms with Crippen molar-refractivity contribution in [2.24, 2.45) is 5.73 Å². The maximum atomic E-state index is 13.4. The maximum absolute atomic E-state index is 13.4. The van der Waals surface area contributed by atoms with Gasteiger partial charge < -0.3 is 5.73 Å². The van der Waals surface area contributed by atoms with Gasteiger partial charge in [-0.2, -0.15) is 0 Å². The fourth-order valence-electron chi connectivity index (χ4n) is 2.50. The first-order chi connectivity index (χ1) is 8.51. The molecular formula is C15H25FN2. The Morgan fingerprint density at radius 1 is 1.28 bits per heavy atom. The standard InChI is InChI=1S/C15H25FN2/c1-5-11(3)18(6-2)15(12(4)17)13-8-7-9-14(16)10-13/h7-12,15H,5-6,17H2,1-4H3. The largest absolute Gasteiger partial charge is 0.326 e. The van der Waals surface area contributed by atoms with Gasteiger partial charge in [0.2, 0.25) is 0 Å². The Bertz CT molecular complexity index is 365. The van der Waals surface area contributed by atoms with Gasteiger partial charge >= 0.3 is 0 Å². The van der Waals surface area contributed by atoms with E-state index in [1.54, 1.807) is 12.1 Å². The summed E-state index contributed by atoms with van der Waals surface area (Å²) < 4.78 is 13.4. The van der Waals surface area contributed by atoms with Crippen LogP contribution < -0.4 is 5.73 Å². The summed E-state index contributed by atoms with van der Waals surface area (Å²) in [5.41, 5.74) is 7.09. The van der Waals surface area contributed by atoms with Crippen LogP contribution in [-0.4, -0.2) is 23.5 Å². The van der Waals surface area contributed by atoms with Gasteiger partial charge in [-0.1, -0.05) is 26.0 Å². The number of likely N-dealkylation sites (N-methyl/N-ethyl adjacent to an activating group) is 1. The Morgan fingerprint density at radius 2 is 1.94 bits per heavy atom. The summed E-state index contributed by atoms with van der Waals surface area (Å²) in [5, 5.41) is 0. The average molecular weight is 252 g/mol. The van der Waals surface area contributed by atoms with Crippen molar-refractivity contribution in [2.75, 3.05) is 6.54 Å². The minimum absolute atomic E-state index is 0.0271. The topological polar surface area (TPSA) is 29.3 Å². The average Bonchev–Trinajstić information content (AvgIpc) is 2.34. The monoisotopic (exact) mass is 252 g/mol. The van der Waals surface area contributed by atoms with Crippen LogP contribution in [0.4, 0.5) is 4.39 Å². The fourth-order valence-corrected chi connectivity index (χ4v) is 2.50. The zero-order valence-electron chi connectivity index (χ0n) is 11.9. The molecule has 3 heteroatoms. The Balaban J connectivity index is 3.08. The lowest BCUT2D eigenvalue weighted by molar-refractivity contribution is 0.131. The van der Waals surface area contributed by atoms with E-state index in [0.717, 1.165) is 18.5 Å². The first kappa shape index (κ1) is 15.1. The van der Waals surface area contributed by atoms with Crippen molar-refractivity contribution in [3.63, 3.8) is 0 Å². The summed E-state index contributed by atoms with van der Waals surface area (Å²) in [6.07, 6.45) is 1.06. The van der Waals surface area contributed by atoms with Crippen molar-refractivity contribution < 1.29 is 4.39 Å². The van der Waals surface area contributed by atoms with Crippen LogP contribution in [0.3, 0.4) is 0 Å². The number of halogens is 1. The Kier molecular flexibility index (Phi) is 5.76. The van der Waals surface area contributed by atoms with Gasteiger partial charge in [0.25, 0.3) is 0 Å². The molecule has 0 radical (unpaired) electrons. The zero-order valence-corrected chi connectivity index (χ0v) is 11.9. The molecule has 0 saturated heterocycles. The number of hydrogen-bond donors (Lipinski definition) is 1. The van der Waals surface area contributed by atoms with E-state index >= 15 is 0 Å². The predicted octanol–water partition coefficient (Wildman–Crippen LogP) is 3.33. The Hall–Kier alpha value is -0.930. The van der Waals surface area contributed by atoms with Gasteiger partial charge in [0.15, 0.2) is 0 Å². The Labute approximate surface area is 110 Å². The molecule has 2 N–H and O–H groups in total. The number of rotatable bonds is 6. The molecule has 0 fully saturated rings. The molecule has 0 aliphatic heterocycles. The summed E-state index contributed by atoms with van der Waals surface area (Å²) in [7, 11) is 0. The van der Waals surface area contributed by atoms with E-state index in [1.807, 2.05) is 13.0 Å². The molecule has 0 bridgehead atoms. The van der Waals surface area contributed by atoms with Crippen molar-refractivity contribution in [2.45, 2.75) is 52.2 Å². The number of nitrogens with two attached hydrogens (primary N) is 1. The molecule has 0 spiro atoms. The van der Waals surface area contributed by atoms with Crippen LogP contribution in [-0.2, 0) is 0 Å². The molecule has 102 valence electrons. The van der Waals surface area contributed by atoms with Gasteiger partial charge in [0.1, 0.15) is 5.82 Å². The quantitative estimate of drug-likeness (QED) is 0.841. The van der Waals surface area contributed by atoms with Crippen molar-refractivity contribution in [3.8, 4) is 0 Å². The molecule has 0 amide bonds. The summed E-state index contributed by atoms with van der Waals surface area (Å²) in [6.45, 7) is 9.38. The van der Waals surface area contributed by atoms with Crippen molar-refractivity contribution >= 4 is 0 Å². The van der Waals surface area contributed by atoms with Crippen molar-refractivity contribution in [1.29, 1.82) is 0 Å². The van der Waals surface area contributed by atoms with E-state index in [1.165, 1.54) is 6.07 Å². The molecular weight excluding hydrogens is 227 g/mol. The maximum Gasteiger partial charge on any atom is 0.123 e. The van der Waals surface area contributed by atoms with Gasteiger partial charge in [-0.25, -0.2) is 4.39 Å². The van der Waals surface area contributed by atoms with E-state index in [4.69, 9.17) is 5.73 Å². The number of hydrogen-bond acceptors (Lipinski definition) is 2. The smallest absolute Gasteiger partial charge is 0.123 e. The van der Waals surface area contributed by atoms with Gasteiger partial charge in [0.05, 0.1) is 0 Å². The van der Waals surface area contributed by atoms with Gasteiger partial charge in [-0.15, -0.1) is 0 Å². The molecule has 3 unspecified atom stereocenters. The SMILES string of the molecule is CCC(C)N(CC)C(c1cccc(F)c1)C(C)N. The third kappa shape index (κ3) is 3.53. The molecule has 0 aliphatic rings. The van der Waals surface area contributed by atoms with Gasteiger partial charge in [-0.3, -0.25) is 4.90 Å². The van der Waals surface area contributed by atoms with Crippen LogP contribution in [0.15, 0.2) is 24.3 Å². The molecule has 0 aromatic heterocycles. The lowest BCUT2D eigenvalue weighted by Crippen LogP contribution is -2.43. The summed E-state index contributed by atoms with van der Waals surface area (Å²) in [4.78, 5) is 2.35. The van der Waals surface area contributed by atoms with Crippen LogP contribution in [0.1, 0.15) is 45.7 Å². The second-order valence-corrected chi connectivity index (χ2v) is 4.95. The van der Waals surface area contributed by atoms with E-state index in [9.17, 15) is 4.39 Å². The first-order valence-corrected chi connectivity index (χ1v) is 6.78. The molecule has 18 heavy (non-hydrogen) atoms. The second kappa shape index (κ2) is 6.86. The second-order valence-electron chi connectivity index (χ2n) is 4.95. The minimum atomic E-state index is -0.196. The Morgan fingerprint density at radius 3 is 2.39 bits per heavy atom. The van der Waals surface area contributed by atoms with E-state index in [0.29, 0.717) is 6.04 Å². The third-order valence-electron chi connectivity index (χ3n) is 3.57. The van der Waals surface area contributed by atoms with E-state index in [-0.39, 0.29) is 17.9 Å². The number of nitrogens with zero attached hydrogens (tertiary/aromatic N) is 1. The molecule has 3 atom stereocenters. The van der Waals surface area contributed by atoms with E-state index < -0.39 is 0 Å². The molecule has 1 rings (SSSR count). The van der Waals surface area contributed by atoms with Crippen LogP contribution >= 0.6 is 0 Å². The highest BCUT2D eigenvalue weighted by Crippen LogP contribution is 2.26. The molecule has 0 saturated carbocycles. The summed E-state index contributed by atoms with van der Waals surface area (Å²) in [5.74, 6) is -0.196. The third-order valence-corrected chi connectivity index (χ3v) is 3.57. The molecule has 1 aromatic rings. The molecule has 1 aromatic carbocycles. The lowest BCUT2D eigenvalue weighted by Gasteiger charge is -2.38. The predicted molar refractivity (Wildman–Crippen MR) is 74.9 cm³/mol. The first-order valence-electron chi connectivity index (χ1n) is 6.78. The summed E-state index contributed by atoms with van der Waals surface area (Å²) in [6, 6.07) is 7.27. The lowest BCUT2D eigenvalue weighted by atomic mass is 9.97. The van der Waals surface area contributed by atoms with Crippen LogP contribution in [0, 0.1) is 5.82 Å². The highest BCUT2D eigenvalue weighted by Gasteiger charge is 2.26. The molecule has 0 aliphatic carbocycles. The highest BCUT2D eigenvalue weighted by atomic mass is 19.1. The minimum Gasteiger partial charge on any atom is -0.326 e. The summed E-state index contributed by atoms with van der Waals surface area (Å²) >= 11 is 0. The number of benzene rings is 1. The van der Waals surface area contributed by atoms with Crippen LogP contribution in [0.2, 0.25) is 0 Å². The normalized spacial score (nSPS) is 16.6. The highest BCUT2D eigenvalue weighted by molar-refractivity contribution is 5.22. The van der Waals surface area contributed by atoms with Gasteiger partial charge in [-0.05, 0) is 44.5 Å². The van der Waals surface area contributed by atoms with Crippen molar-refractivity contribution in [1.82, 2.24) is 4.90 Å². The molecule has 0 heterocycles. The van der Waals surface area contributed by atoms with E-state index in [2.05, 4.69) is 25.7 Å². The fraction of sp³-hybridized carbons (Fsp3) is 0.600. The molecule has 2 nitrogen and oxygen atoms in total. The van der Waals surface area contributed by atoms with Crippen molar-refractivity contribution in [3.05, 3.63) is 35.6 Å². The van der Waals surface area contributed by atoms with Crippen LogP contribution in [0.5, 0.6) is 0 Å². The van der Waals surface area contributed by atoms with Gasteiger partial charge in [0, 0.05) is 18.1 Å².